The molecule has 2 atom stereocenters. The first kappa shape index (κ1) is 11.0. The van der Waals surface area contributed by atoms with Gasteiger partial charge < -0.3 is 10.4 Å². The third kappa shape index (κ3) is 2.38. The molecule has 0 amide bonds. The number of aliphatic hydroxyl groups is 1. The average molecular weight is 226 g/mol. The summed E-state index contributed by atoms with van der Waals surface area (Å²) >= 11 is 1.61. The number of piperidine rings is 1. The molecule has 1 aliphatic heterocycles. The molecule has 0 saturated carbocycles. The zero-order valence-electron chi connectivity index (χ0n) is 9.29. The minimum atomic E-state index is -0.428. The smallest absolute Gasteiger partial charge is 0.123 e. The molecule has 3 nitrogen and oxygen atoms in total. The molecule has 84 valence electrons. The van der Waals surface area contributed by atoms with Gasteiger partial charge in [-0.1, -0.05) is 6.42 Å². The number of aryl methyl sites for hydroxylation is 2. The second-order valence-electron chi connectivity index (χ2n) is 4.19. The average Bonchev–Trinajstić information content (AvgIpc) is 2.59. The molecule has 1 aromatic heterocycles. The molecule has 2 unspecified atom stereocenters. The van der Waals surface area contributed by atoms with Crippen molar-refractivity contribution < 1.29 is 5.11 Å². The third-order valence-electron chi connectivity index (χ3n) is 3.03. The molecule has 1 saturated heterocycles. The maximum absolute atomic E-state index is 10.2. The van der Waals surface area contributed by atoms with E-state index in [-0.39, 0.29) is 6.04 Å². The van der Waals surface area contributed by atoms with Crippen LogP contribution in [0.4, 0.5) is 0 Å². The van der Waals surface area contributed by atoms with Crippen LogP contribution < -0.4 is 5.32 Å². The van der Waals surface area contributed by atoms with Gasteiger partial charge in [0.25, 0.3) is 0 Å². The van der Waals surface area contributed by atoms with Crippen molar-refractivity contribution in [3.8, 4) is 0 Å². The number of hydrogen-bond acceptors (Lipinski definition) is 4. The monoisotopic (exact) mass is 226 g/mol. The number of aliphatic hydroxyl groups excluding tert-OH is 1. The molecule has 1 fully saturated rings. The Balaban J connectivity index is 2.08. The zero-order chi connectivity index (χ0) is 10.8. The first-order chi connectivity index (χ1) is 7.18. The summed E-state index contributed by atoms with van der Waals surface area (Å²) in [6, 6.07) is 0.198. The van der Waals surface area contributed by atoms with Crippen LogP contribution in [0.25, 0.3) is 0 Å². The van der Waals surface area contributed by atoms with Gasteiger partial charge in [-0.05, 0) is 33.2 Å². The zero-order valence-corrected chi connectivity index (χ0v) is 10.1. The summed E-state index contributed by atoms with van der Waals surface area (Å²) in [5.41, 5.74) is 1.05. The molecule has 0 bridgehead atoms. The first-order valence-corrected chi connectivity index (χ1v) is 6.35. The van der Waals surface area contributed by atoms with E-state index in [2.05, 4.69) is 17.2 Å². The van der Waals surface area contributed by atoms with Gasteiger partial charge in [0, 0.05) is 10.9 Å². The number of hydrogen-bond donors (Lipinski definition) is 2. The SMILES string of the molecule is Cc1nc(C(O)C2CCCCN2)sc1C. The van der Waals surface area contributed by atoms with Crippen LogP contribution in [0, 0.1) is 13.8 Å². The van der Waals surface area contributed by atoms with Crippen LogP contribution in [0.2, 0.25) is 0 Å². The van der Waals surface area contributed by atoms with Gasteiger partial charge in [0.1, 0.15) is 11.1 Å². The molecular formula is C11H18N2OS. The van der Waals surface area contributed by atoms with E-state index in [4.69, 9.17) is 0 Å². The van der Waals surface area contributed by atoms with Gasteiger partial charge in [-0.25, -0.2) is 4.98 Å². The maximum atomic E-state index is 10.2. The number of nitrogens with zero attached hydrogens (tertiary/aromatic N) is 1. The standard InChI is InChI=1S/C11H18N2OS/c1-7-8(2)15-11(13-7)10(14)9-5-3-4-6-12-9/h9-10,12,14H,3-6H2,1-2H3. The van der Waals surface area contributed by atoms with E-state index in [1.807, 2.05) is 6.92 Å². The van der Waals surface area contributed by atoms with Gasteiger partial charge in [0.15, 0.2) is 0 Å². The van der Waals surface area contributed by atoms with Crippen LogP contribution >= 0.6 is 11.3 Å². The van der Waals surface area contributed by atoms with Gasteiger partial charge in [0.2, 0.25) is 0 Å². The Morgan fingerprint density at radius 2 is 2.27 bits per heavy atom. The Labute approximate surface area is 94.5 Å². The van der Waals surface area contributed by atoms with Gasteiger partial charge >= 0.3 is 0 Å². The molecule has 0 radical (unpaired) electrons. The molecule has 4 heteroatoms. The predicted octanol–water partition coefficient (Wildman–Crippen LogP) is 1.94. The van der Waals surface area contributed by atoms with Crippen LogP contribution in [-0.2, 0) is 0 Å². The van der Waals surface area contributed by atoms with Crippen LogP contribution in [0.1, 0.15) is 40.9 Å². The highest BCUT2D eigenvalue weighted by molar-refractivity contribution is 7.11. The Morgan fingerprint density at radius 3 is 2.80 bits per heavy atom. The van der Waals surface area contributed by atoms with Crippen molar-refractivity contribution >= 4 is 11.3 Å². The van der Waals surface area contributed by atoms with Crippen molar-refractivity contribution in [2.24, 2.45) is 0 Å². The van der Waals surface area contributed by atoms with Crippen molar-refractivity contribution in [1.82, 2.24) is 10.3 Å². The quantitative estimate of drug-likeness (QED) is 0.810. The summed E-state index contributed by atoms with van der Waals surface area (Å²) in [5.74, 6) is 0. The lowest BCUT2D eigenvalue weighted by molar-refractivity contribution is 0.113. The Hall–Kier alpha value is -0.450. The lowest BCUT2D eigenvalue weighted by Gasteiger charge is -2.26. The van der Waals surface area contributed by atoms with Crippen molar-refractivity contribution in [2.75, 3.05) is 6.54 Å². The van der Waals surface area contributed by atoms with E-state index in [1.165, 1.54) is 17.7 Å². The molecule has 2 N–H and O–H groups in total. The molecule has 1 aromatic rings. The van der Waals surface area contributed by atoms with Crippen molar-refractivity contribution in [2.45, 2.75) is 45.3 Å². The lowest BCUT2D eigenvalue weighted by atomic mass is 10.0. The summed E-state index contributed by atoms with van der Waals surface area (Å²) in [4.78, 5) is 5.62. The summed E-state index contributed by atoms with van der Waals surface area (Å²) in [5, 5.41) is 14.4. The molecule has 2 rings (SSSR count). The number of aromatic nitrogens is 1. The molecule has 0 spiro atoms. The normalized spacial score (nSPS) is 24.1. The van der Waals surface area contributed by atoms with Gasteiger partial charge in [0.05, 0.1) is 5.69 Å². The maximum Gasteiger partial charge on any atom is 0.123 e. The van der Waals surface area contributed by atoms with Gasteiger partial charge in [-0.15, -0.1) is 11.3 Å². The molecule has 2 heterocycles. The van der Waals surface area contributed by atoms with Crippen molar-refractivity contribution in [3.05, 3.63) is 15.6 Å². The van der Waals surface area contributed by atoms with E-state index in [1.54, 1.807) is 11.3 Å². The van der Waals surface area contributed by atoms with Crippen LogP contribution in [0.3, 0.4) is 0 Å². The fourth-order valence-corrected chi connectivity index (χ4v) is 2.92. The summed E-state index contributed by atoms with van der Waals surface area (Å²) in [7, 11) is 0. The molecule has 1 aliphatic rings. The highest BCUT2D eigenvalue weighted by Gasteiger charge is 2.25. The largest absolute Gasteiger partial charge is 0.384 e. The summed E-state index contributed by atoms with van der Waals surface area (Å²) < 4.78 is 0. The van der Waals surface area contributed by atoms with Crippen molar-refractivity contribution in [3.63, 3.8) is 0 Å². The van der Waals surface area contributed by atoms with Crippen LogP contribution in [0.15, 0.2) is 0 Å². The van der Waals surface area contributed by atoms with E-state index < -0.39 is 6.10 Å². The fourth-order valence-electron chi connectivity index (χ4n) is 1.94. The van der Waals surface area contributed by atoms with E-state index >= 15 is 0 Å². The highest BCUT2D eigenvalue weighted by atomic mass is 32.1. The van der Waals surface area contributed by atoms with E-state index in [0.717, 1.165) is 23.7 Å². The third-order valence-corrected chi connectivity index (χ3v) is 4.17. The number of thiazole rings is 1. The second-order valence-corrected chi connectivity index (χ2v) is 5.43. The topological polar surface area (TPSA) is 45.2 Å². The lowest BCUT2D eigenvalue weighted by Crippen LogP contribution is -2.38. The van der Waals surface area contributed by atoms with Crippen molar-refractivity contribution in [1.29, 1.82) is 0 Å². The minimum Gasteiger partial charge on any atom is -0.384 e. The summed E-state index contributed by atoms with van der Waals surface area (Å²) in [6.45, 7) is 5.07. The fraction of sp³-hybridized carbons (Fsp3) is 0.727. The Kier molecular flexibility index (Phi) is 3.38. The van der Waals surface area contributed by atoms with Gasteiger partial charge in [-0.2, -0.15) is 0 Å². The Bertz CT molecular complexity index is 312. The summed E-state index contributed by atoms with van der Waals surface area (Å²) in [6.07, 6.45) is 3.05. The molecular weight excluding hydrogens is 208 g/mol. The van der Waals surface area contributed by atoms with Gasteiger partial charge in [-0.3, -0.25) is 0 Å². The molecule has 0 aromatic carbocycles. The predicted molar refractivity (Wildman–Crippen MR) is 62.2 cm³/mol. The Morgan fingerprint density at radius 1 is 1.47 bits per heavy atom. The number of rotatable bonds is 2. The van der Waals surface area contributed by atoms with Crippen LogP contribution in [-0.4, -0.2) is 22.7 Å². The van der Waals surface area contributed by atoms with E-state index in [9.17, 15) is 5.11 Å². The molecule has 0 aliphatic carbocycles. The first-order valence-electron chi connectivity index (χ1n) is 5.54. The molecule has 15 heavy (non-hydrogen) atoms. The minimum absolute atomic E-state index is 0.198. The highest BCUT2D eigenvalue weighted by Crippen LogP contribution is 2.27. The van der Waals surface area contributed by atoms with E-state index in [0.29, 0.717) is 0 Å². The van der Waals surface area contributed by atoms with Crippen LogP contribution in [0.5, 0.6) is 0 Å². The second kappa shape index (κ2) is 4.60. The number of nitrogens with one attached hydrogen (secondary N) is 1.